The van der Waals surface area contributed by atoms with Crippen LogP contribution in [-0.4, -0.2) is 20.7 Å². The van der Waals surface area contributed by atoms with Crippen LogP contribution in [0.4, 0.5) is 17.6 Å². The Bertz CT molecular complexity index is 543. The summed E-state index contributed by atoms with van der Waals surface area (Å²) in [5, 5.41) is 0. The third-order valence-corrected chi connectivity index (χ3v) is 4.31. The Kier molecular flexibility index (Phi) is 4.33. The second-order valence-corrected chi connectivity index (χ2v) is 5.72. The molecule has 0 amide bonds. The zero-order chi connectivity index (χ0) is 14.1. The zero-order valence-corrected chi connectivity index (χ0v) is 10.3. The molecule has 3 nitrogen and oxygen atoms in total. The Balaban J connectivity index is 3.52. The Labute approximate surface area is 102 Å². The van der Waals surface area contributed by atoms with Crippen molar-refractivity contribution in [1.29, 1.82) is 0 Å². The van der Waals surface area contributed by atoms with Crippen molar-refractivity contribution in [3.8, 4) is 0 Å². The van der Waals surface area contributed by atoms with E-state index in [1.54, 1.807) is 0 Å². The van der Waals surface area contributed by atoms with Crippen molar-refractivity contribution in [1.82, 2.24) is 0 Å². The molecule has 0 aliphatic rings. The number of rotatable bonds is 4. The maximum Gasteiger partial charge on any atom is 0.198 e. The van der Waals surface area contributed by atoms with Crippen LogP contribution in [0.25, 0.3) is 0 Å². The molecule has 18 heavy (non-hydrogen) atoms. The van der Waals surface area contributed by atoms with Gasteiger partial charge in [0.1, 0.15) is 4.90 Å². The first-order chi connectivity index (χ1) is 8.24. The van der Waals surface area contributed by atoms with E-state index in [-0.39, 0.29) is 13.0 Å². The molecular weight excluding hydrogens is 274 g/mol. The number of sulfone groups is 1. The summed E-state index contributed by atoms with van der Waals surface area (Å²) in [4.78, 5) is -1.15. The van der Waals surface area contributed by atoms with Crippen LogP contribution in [0.1, 0.15) is 12.0 Å². The van der Waals surface area contributed by atoms with Crippen LogP contribution >= 0.6 is 0 Å². The molecule has 0 spiro atoms. The molecule has 0 unspecified atom stereocenters. The molecule has 0 bridgehead atoms. The molecule has 0 heterocycles. The van der Waals surface area contributed by atoms with Crippen molar-refractivity contribution in [2.45, 2.75) is 18.2 Å². The fraction of sp³-hybridized carbons (Fsp3) is 0.400. The van der Waals surface area contributed by atoms with E-state index in [1.807, 2.05) is 0 Å². The van der Waals surface area contributed by atoms with Crippen LogP contribution in [0.3, 0.4) is 0 Å². The normalized spacial score (nSPS) is 11.9. The van der Waals surface area contributed by atoms with Gasteiger partial charge in [0.2, 0.25) is 0 Å². The van der Waals surface area contributed by atoms with E-state index < -0.39 is 49.3 Å². The van der Waals surface area contributed by atoms with Gasteiger partial charge < -0.3 is 5.73 Å². The number of hydrogen-bond donors (Lipinski definition) is 1. The molecule has 1 aromatic carbocycles. The number of halogens is 4. The number of hydrogen-bond acceptors (Lipinski definition) is 3. The molecule has 0 aromatic heterocycles. The van der Waals surface area contributed by atoms with Crippen LogP contribution in [0.5, 0.6) is 0 Å². The molecule has 1 rings (SSSR count). The van der Waals surface area contributed by atoms with Gasteiger partial charge in [-0.2, -0.15) is 0 Å². The lowest BCUT2D eigenvalue weighted by molar-refractivity contribution is 0.392. The predicted octanol–water partition coefficient (Wildman–Crippen LogP) is 1.67. The molecular formula is C10H11F4NO2S. The molecule has 102 valence electrons. The lowest BCUT2D eigenvalue weighted by atomic mass is 10.2. The average Bonchev–Trinajstić information content (AvgIpc) is 2.31. The Morgan fingerprint density at radius 3 is 2.00 bits per heavy atom. The van der Waals surface area contributed by atoms with Crippen molar-refractivity contribution < 1.29 is 26.0 Å². The third kappa shape index (κ3) is 2.49. The van der Waals surface area contributed by atoms with Gasteiger partial charge in [0.25, 0.3) is 0 Å². The predicted molar refractivity (Wildman–Crippen MR) is 56.7 cm³/mol. The van der Waals surface area contributed by atoms with Crippen LogP contribution < -0.4 is 5.73 Å². The highest BCUT2D eigenvalue weighted by Crippen LogP contribution is 2.28. The summed E-state index contributed by atoms with van der Waals surface area (Å²) in [5.74, 6) is -8.33. The van der Waals surface area contributed by atoms with E-state index in [9.17, 15) is 26.0 Å². The van der Waals surface area contributed by atoms with E-state index in [0.29, 0.717) is 0 Å². The first kappa shape index (κ1) is 14.9. The molecule has 0 saturated carbocycles. The van der Waals surface area contributed by atoms with Crippen LogP contribution in [-0.2, 0) is 9.84 Å². The van der Waals surface area contributed by atoms with Crippen LogP contribution in [0.15, 0.2) is 4.90 Å². The van der Waals surface area contributed by atoms with Gasteiger partial charge in [0.05, 0.1) is 5.75 Å². The van der Waals surface area contributed by atoms with Gasteiger partial charge >= 0.3 is 0 Å². The SMILES string of the molecule is Cc1c(F)c(F)c(F)c(F)c1S(=O)(=O)CCCN. The fourth-order valence-electron chi connectivity index (χ4n) is 1.47. The topological polar surface area (TPSA) is 60.2 Å². The minimum Gasteiger partial charge on any atom is -0.330 e. The van der Waals surface area contributed by atoms with Crippen LogP contribution in [0, 0.1) is 30.2 Å². The molecule has 0 radical (unpaired) electrons. The highest BCUT2D eigenvalue weighted by molar-refractivity contribution is 7.91. The first-order valence-electron chi connectivity index (χ1n) is 4.99. The monoisotopic (exact) mass is 285 g/mol. The van der Waals surface area contributed by atoms with Gasteiger partial charge in [0, 0.05) is 5.56 Å². The van der Waals surface area contributed by atoms with Gasteiger partial charge in [-0.05, 0) is 19.9 Å². The summed E-state index contributed by atoms with van der Waals surface area (Å²) in [7, 11) is -4.25. The third-order valence-electron chi connectivity index (χ3n) is 2.38. The molecule has 0 aliphatic heterocycles. The summed E-state index contributed by atoms with van der Waals surface area (Å²) in [6.07, 6.45) is 0.00181. The summed E-state index contributed by atoms with van der Waals surface area (Å²) < 4.78 is 75.9. The minimum atomic E-state index is -4.25. The number of benzene rings is 1. The lowest BCUT2D eigenvalue weighted by Crippen LogP contribution is -2.17. The maximum absolute atomic E-state index is 13.4. The summed E-state index contributed by atoms with van der Waals surface area (Å²) >= 11 is 0. The molecule has 0 atom stereocenters. The van der Waals surface area contributed by atoms with E-state index in [1.165, 1.54) is 0 Å². The zero-order valence-electron chi connectivity index (χ0n) is 9.44. The molecule has 0 fully saturated rings. The molecule has 0 saturated heterocycles. The lowest BCUT2D eigenvalue weighted by Gasteiger charge is -2.11. The summed E-state index contributed by atoms with van der Waals surface area (Å²) in [6, 6.07) is 0. The smallest absolute Gasteiger partial charge is 0.198 e. The van der Waals surface area contributed by atoms with Crippen molar-refractivity contribution in [3.05, 3.63) is 28.8 Å². The van der Waals surface area contributed by atoms with Gasteiger partial charge in [-0.3, -0.25) is 0 Å². The average molecular weight is 285 g/mol. The van der Waals surface area contributed by atoms with Gasteiger partial charge in [-0.15, -0.1) is 0 Å². The van der Waals surface area contributed by atoms with Gasteiger partial charge in [0.15, 0.2) is 33.1 Å². The second kappa shape index (κ2) is 5.23. The van der Waals surface area contributed by atoms with Crippen molar-refractivity contribution >= 4 is 9.84 Å². The maximum atomic E-state index is 13.4. The van der Waals surface area contributed by atoms with Crippen LogP contribution in [0.2, 0.25) is 0 Å². The van der Waals surface area contributed by atoms with Gasteiger partial charge in [-0.25, -0.2) is 26.0 Å². The summed E-state index contributed by atoms with van der Waals surface area (Å²) in [6.45, 7) is 0.891. The summed E-state index contributed by atoms with van der Waals surface area (Å²) in [5.41, 5.74) is 4.33. The van der Waals surface area contributed by atoms with Crippen molar-refractivity contribution in [3.63, 3.8) is 0 Å². The fourth-order valence-corrected chi connectivity index (χ4v) is 3.14. The minimum absolute atomic E-state index is 0.00181. The Morgan fingerprint density at radius 2 is 1.50 bits per heavy atom. The van der Waals surface area contributed by atoms with Crippen molar-refractivity contribution in [2.24, 2.45) is 5.73 Å². The Hall–Kier alpha value is -1.15. The van der Waals surface area contributed by atoms with E-state index in [2.05, 4.69) is 0 Å². The van der Waals surface area contributed by atoms with E-state index in [4.69, 9.17) is 5.73 Å². The molecule has 2 N–H and O–H groups in total. The Morgan fingerprint density at radius 1 is 1.00 bits per heavy atom. The van der Waals surface area contributed by atoms with E-state index in [0.717, 1.165) is 6.92 Å². The van der Waals surface area contributed by atoms with Gasteiger partial charge in [-0.1, -0.05) is 0 Å². The molecule has 8 heteroatoms. The van der Waals surface area contributed by atoms with E-state index >= 15 is 0 Å². The largest absolute Gasteiger partial charge is 0.330 e. The highest BCUT2D eigenvalue weighted by atomic mass is 32.2. The molecule has 1 aromatic rings. The second-order valence-electron chi connectivity index (χ2n) is 3.67. The highest BCUT2D eigenvalue weighted by Gasteiger charge is 2.30. The molecule has 0 aliphatic carbocycles. The first-order valence-corrected chi connectivity index (χ1v) is 6.64. The van der Waals surface area contributed by atoms with Crippen molar-refractivity contribution in [2.75, 3.05) is 12.3 Å². The quantitative estimate of drug-likeness (QED) is 0.396. The standard InChI is InChI=1S/C10H11F4NO2S/c1-5-6(11)7(12)8(13)9(14)10(5)18(16,17)4-2-3-15/h2-4,15H2,1H3. The number of nitrogens with two attached hydrogens (primary N) is 1.